The minimum atomic E-state index is -0.789. The van der Waals surface area contributed by atoms with E-state index in [1.165, 1.54) is 4.90 Å². The molecule has 3 aromatic rings. The third-order valence-corrected chi connectivity index (χ3v) is 6.81. The van der Waals surface area contributed by atoms with Crippen molar-refractivity contribution >= 4 is 23.1 Å². The molecule has 6 heteroatoms. The monoisotopic (exact) mass is 499 g/mol. The lowest BCUT2D eigenvalue weighted by Crippen LogP contribution is -2.29. The Morgan fingerprint density at radius 2 is 1.68 bits per heavy atom. The average molecular weight is 500 g/mol. The minimum absolute atomic E-state index is 0.0659. The van der Waals surface area contributed by atoms with Gasteiger partial charge >= 0.3 is 0 Å². The maximum Gasteiger partial charge on any atom is 0.300 e. The SMILES string of the molecule is CCOc1ccc(N2C(=O)C(=O)/C(=C(/O)c3cc(C(C)C)c(OC)cc3C)C2c2ccccc2C)cc1. The standard InChI is InChI=1S/C31H33NO5/c1-7-37-22-14-12-21(13-15-22)32-28(23-11-9-8-10-19(23)4)27(30(34)31(32)35)29(33)25-17-24(18(2)3)26(36-6)16-20(25)5/h8-18,28,33H,7H2,1-6H3/b29-27+. The highest BCUT2D eigenvalue weighted by Crippen LogP contribution is 2.44. The predicted molar refractivity (Wildman–Crippen MR) is 145 cm³/mol. The number of aryl methyl sites for hydroxylation is 2. The Morgan fingerprint density at radius 3 is 2.27 bits per heavy atom. The van der Waals surface area contributed by atoms with E-state index in [1.54, 1.807) is 31.4 Å². The Hall–Kier alpha value is -4.06. The van der Waals surface area contributed by atoms with Gasteiger partial charge in [0.25, 0.3) is 11.7 Å². The first-order chi connectivity index (χ1) is 17.7. The molecule has 192 valence electrons. The predicted octanol–water partition coefficient (Wildman–Crippen LogP) is 6.46. The first-order valence-corrected chi connectivity index (χ1v) is 12.5. The molecule has 6 nitrogen and oxygen atoms in total. The van der Waals surface area contributed by atoms with Gasteiger partial charge in [-0.25, -0.2) is 0 Å². The number of anilines is 1. The van der Waals surface area contributed by atoms with Gasteiger partial charge in [0, 0.05) is 11.3 Å². The van der Waals surface area contributed by atoms with Gasteiger partial charge in [-0.1, -0.05) is 38.1 Å². The van der Waals surface area contributed by atoms with E-state index in [0.717, 1.165) is 22.3 Å². The maximum absolute atomic E-state index is 13.6. The van der Waals surface area contributed by atoms with Crippen LogP contribution in [0.15, 0.2) is 66.2 Å². The molecule has 1 N–H and O–H groups in total. The van der Waals surface area contributed by atoms with Gasteiger partial charge in [-0.05, 0) is 85.3 Å². The number of methoxy groups -OCH3 is 1. The van der Waals surface area contributed by atoms with Crippen molar-refractivity contribution < 1.29 is 24.2 Å². The fourth-order valence-electron chi connectivity index (χ4n) is 4.88. The summed E-state index contributed by atoms with van der Waals surface area (Å²) in [6.07, 6.45) is 0. The van der Waals surface area contributed by atoms with Crippen molar-refractivity contribution in [3.05, 3.63) is 94.1 Å². The molecule has 0 spiro atoms. The van der Waals surface area contributed by atoms with Gasteiger partial charge in [-0.3, -0.25) is 14.5 Å². The smallest absolute Gasteiger partial charge is 0.300 e. The Morgan fingerprint density at radius 1 is 1.00 bits per heavy atom. The Labute approximate surface area is 218 Å². The Bertz CT molecular complexity index is 1370. The number of amides is 1. The molecule has 1 saturated heterocycles. The molecular formula is C31H33NO5. The Balaban J connectivity index is 1.96. The van der Waals surface area contributed by atoms with Crippen LogP contribution in [0.2, 0.25) is 0 Å². The number of Topliss-reactive ketones (excluding diaryl/α,β-unsaturated/α-hetero) is 1. The van der Waals surface area contributed by atoms with Crippen molar-refractivity contribution in [2.75, 3.05) is 18.6 Å². The first kappa shape index (κ1) is 26.0. The largest absolute Gasteiger partial charge is 0.507 e. The second-order valence-electron chi connectivity index (χ2n) is 9.52. The molecule has 1 aliphatic rings. The Kier molecular flexibility index (Phi) is 7.39. The molecule has 37 heavy (non-hydrogen) atoms. The van der Waals surface area contributed by atoms with Crippen molar-refractivity contribution in [1.82, 2.24) is 0 Å². The number of nitrogens with zero attached hydrogens (tertiary/aromatic N) is 1. The summed E-state index contributed by atoms with van der Waals surface area (Å²) in [5.74, 6) is -0.0857. The van der Waals surface area contributed by atoms with Gasteiger partial charge in [0.2, 0.25) is 0 Å². The summed E-state index contributed by atoms with van der Waals surface area (Å²) in [7, 11) is 1.61. The fourth-order valence-corrected chi connectivity index (χ4v) is 4.88. The van der Waals surface area contributed by atoms with Gasteiger partial charge in [-0.2, -0.15) is 0 Å². The van der Waals surface area contributed by atoms with Gasteiger partial charge in [0.1, 0.15) is 17.3 Å². The number of carbonyl (C=O) groups excluding carboxylic acids is 2. The quantitative estimate of drug-likeness (QED) is 0.229. The van der Waals surface area contributed by atoms with Crippen molar-refractivity contribution in [1.29, 1.82) is 0 Å². The zero-order chi connectivity index (χ0) is 26.9. The van der Waals surface area contributed by atoms with Gasteiger partial charge < -0.3 is 14.6 Å². The topological polar surface area (TPSA) is 76.1 Å². The van der Waals surface area contributed by atoms with Crippen LogP contribution in [-0.2, 0) is 9.59 Å². The number of aliphatic hydroxyl groups excluding tert-OH is 1. The molecule has 0 aliphatic carbocycles. The average Bonchev–Trinajstić information content (AvgIpc) is 3.14. The molecule has 1 fully saturated rings. The van der Waals surface area contributed by atoms with E-state index in [4.69, 9.17) is 9.47 Å². The zero-order valence-corrected chi connectivity index (χ0v) is 22.2. The van der Waals surface area contributed by atoms with E-state index in [2.05, 4.69) is 0 Å². The van der Waals surface area contributed by atoms with Crippen molar-refractivity contribution in [2.24, 2.45) is 0 Å². The summed E-state index contributed by atoms with van der Waals surface area (Å²) in [6, 6.07) is 17.6. The van der Waals surface area contributed by atoms with E-state index >= 15 is 0 Å². The second kappa shape index (κ2) is 10.5. The van der Waals surface area contributed by atoms with E-state index in [-0.39, 0.29) is 17.3 Å². The van der Waals surface area contributed by atoms with Crippen LogP contribution in [0, 0.1) is 13.8 Å². The summed E-state index contributed by atoms with van der Waals surface area (Å²) in [6.45, 7) is 10.3. The molecule has 1 heterocycles. The van der Waals surface area contributed by atoms with E-state index in [1.807, 2.05) is 71.0 Å². The third kappa shape index (κ3) is 4.71. The summed E-state index contributed by atoms with van der Waals surface area (Å²) in [4.78, 5) is 28.5. The first-order valence-electron chi connectivity index (χ1n) is 12.5. The number of benzene rings is 3. The summed E-state index contributed by atoms with van der Waals surface area (Å²) >= 11 is 0. The highest BCUT2D eigenvalue weighted by molar-refractivity contribution is 6.51. The number of ether oxygens (including phenoxy) is 2. The normalized spacial score (nSPS) is 16.9. The number of aliphatic hydroxyl groups is 1. The number of carbonyl (C=O) groups is 2. The summed E-state index contributed by atoms with van der Waals surface area (Å²) in [5.41, 5.74) is 4.45. The van der Waals surface area contributed by atoms with Crippen molar-refractivity contribution in [3.63, 3.8) is 0 Å². The summed E-state index contributed by atoms with van der Waals surface area (Å²) < 4.78 is 11.1. The van der Waals surface area contributed by atoms with Crippen LogP contribution in [0.4, 0.5) is 5.69 Å². The van der Waals surface area contributed by atoms with Crippen LogP contribution in [-0.4, -0.2) is 30.5 Å². The van der Waals surface area contributed by atoms with Crippen LogP contribution in [0.5, 0.6) is 11.5 Å². The van der Waals surface area contributed by atoms with Crippen molar-refractivity contribution in [2.45, 2.75) is 46.6 Å². The fraction of sp³-hybridized carbons (Fsp3) is 0.290. The molecule has 0 saturated carbocycles. The van der Waals surface area contributed by atoms with Crippen molar-refractivity contribution in [3.8, 4) is 11.5 Å². The van der Waals surface area contributed by atoms with E-state index < -0.39 is 17.7 Å². The third-order valence-electron chi connectivity index (χ3n) is 6.81. The van der Waals surface area contributed by atoms with Crippen LogP contribution >= 0.6 is 0 Å². The van der Waals surface area contributed by atoms with Gasteiger partial charge in [0.05, 0.1) is 25.3 Å². The molecule has 1 amide bonds. The highest BCUT2D eigenvalue weighted by atomic mass is 16.5. The lowest BCUT2D eigenvalue weighted by molar-refractivity contribution is -0.132. The van der Waals surface area contributed by atoms with Gasteiger partial charge in [0.15, 0.2) is 0 Å². The highest BCUT2D eigenvalue weighted by Gasteiger charge is 2.47. The van der Waals surface area contributed by atoms with Crippen LogP contribution in [0.1, 0.15) is 60.5 Å². The van der Waals surface area contributed by atoms with Gasteiger partial charge in [-0.15, -0.1) is 0 Å². The minimum Gasteiger partial charge on any atom is -0.507 e. The second-order valence-corrected chi connectivity index (χ2v) is 9.52. The molecular weight excluding hydrogens is 466 g/mol. The lowest BCUT2D eigenvalue weighted by atomic mass is 9.89. The number of hydrogen-bond donors (Lipinski definition) is 1. The zero-order valence-electron chi connectivity index (χ0n) is 22.2. The molecule has 0 radical (unpaired) electrons. The number of ketones is 1. The molecule has 1 aliphatic heterocycles. The molecule has 3 aromatic carbocycles. The number of rotatable bonds is 7. The molecule has 1 atom stereocenters. The van der Waals surface area contributed by atoms with Crippen LogP contribution in [0.3, 0.4) is 0 Å². The van der Waals surface area contributed by atoms with E-state index in [9.17, 15) is 14.7 Å². The molecule has 4 rings (SSSR count). The molecule has 0 aromatic heterocycles. The van der Waals surface area contributed by atoms with Crippen LogP contribution < -0.4 is 14.4 Å². The number of hydrogen-bond acceptors (Lipinski definition) is 5. The molecule has 1 unspecified atom stereocenters. The van der Waals surface area contributed by atoms with Crippen LogP contribution in [0.25, 0.3) is 5.76 Å². The van der Waals surface area contributed by atoms with E-state index in [0.29, 0.717) is 29.4 Å². The maximum atomic E-state index is 13.6. The summed E-state index contributed by atoms with van der Waals surface area (Å²) in [5, 5.41) is 11.7. The molecule has 0 bridgehead atoms. The lowest BCUT2D eigenvalue weighted by Gasteiger charge is -2.27.